The van der Waals surface area contributed by atoms with Gasteiger partial charge in [-0.15, -0.1) is 0 Å². The number of hydrogen-bond donors (Lipinski definition) is 2. The van der Waals surface area contributed by atoms with Crippen molar-refractivity contribution < 1.29 is 9.59 Å². The van der Waals surface area contributed by atoms with E-state index in [-0.39, 0.29) is 18.0 Å². The number of amides is 3. The number of aromatic nitrogens is 2. The third-order valence-electron chi connectivity index (χ3n) is 9.21. The number of rotatable bonds is 10. The lowest BCUT2D eigenvalue weighted by Gasteiger charge is -2.41. The van der Waals surface area contributed by atoms with Crippen molar-refractivity contribution in [2.45, 2.75) is 95.7 Å². The third-order valence-corrected chi connectivity index (χ3v) is 9.21. The second kappa shape index (κ2) is 14.7. The largest absolute Gasteiger partial charge is 0.354 e. The smallest absolute Gasteiger partial charge is 0.318 e. The van der Waals surface area contributed by atoms with E-state index in [9.17, 15) is 9.59 Å². The molecule has 3 aliphatic rings. The summed E-state index contributed by atoms with van der Waals surface area (Å²) in [6.45, 7) is 4.36. The van der Waals surface area contributed by atoms with Crippen molar-refractivity contribution in [1.29, 1.82) is 0 Å². The van der Waals surface area contributed by atoms with E-state index in [2.05, 4.69) is 37.2 Å². The van der Waals surface area contributed by atoms with Gasteiger partial charge < -0.3 is 20.1 Å². The molecule has 8 nitrogen and oxygen atoms in total. The Morgan fingerprint density at radius 1 is 0.925 bits per heavy atom. The van der Waals surface area contributed by atoms with Crippen LogP contribution in [0.2, 0.25) is 0 Å². The molecule has 0 radical (unpaired) electrons. The van der Waals surface area contributed by atoms with Crippen LogP contribution in [0.15, 0.2) is 42.9 Å². The van der Waals surface area contributed by atoms with Crippen LogP contribution in [0, 0.1) is 5.92 Å². The number of carbonyl (C=O) groups excluding carboxylic acids is 2. The van der Waals surface area contributed by atoms with Crippen LogP contribution in [0.5, 0.6) is 0 Å². The normalized spacial score (nSPS) is 21.3. The molecule has 2 N–H and O–H groups in total. The molecule has 0 spiro atoms. The summed E-state index contributed by atoms with van der Waals surface area (Å²) in [5, 5.41) is 6.43. The second-order valence-corrected chi connectivity index (χ2v) is 12.1. The molecule has 1 saturated heterocycles. The molecule has 1 atom stereocenters. The fraction of sp³-hybridized carbons (Fsp3) is 0.656. The highest BCUT2D eigenvalue weighted by molar-refractivity contribution is 5.87. The molecule has 2 aromatic rings. The maximum absolute atomic E-state index is 13.6. The highest BCUT2D eigenvalue weighted by atomic mass is 16.2. The van der Waals surface area contributed by atoms with Gasteiger partial charge in [0, 0.05) is 57.1 Å². The van der Waals surface area contributed by atoms with Gasteiger partial charge in [0.25, 0.3) is 0 Å². The Labute approximate surface area is 239 Å². The number of carbonyl (C=O) groups is 2. The summed E-state index contributed by atoms with van der Waals surface area (Å²) in [6, 6.07) is 10.0. The fourth-order valence-corrected chi connectivity index (χ4v) is 6.77. The average Bonchev–Trinajstić information content (AvgIpc) is 3.44. The van der Waals surface area contributed by atoms with E-state index >= 15 is 0 Å². The molecule has 0 unspecified atom stereocenters. The van der Waals surface area contributed by atoms with Crippen molar-refractivity contribution >= 4 is 11.9 Å². The van der Waals surface area contributed by atoms with Gasteiger partial charge in [0.15, 0.2) is 0 Å². The molecule has 1 aliphatic heterocycles. The Hall–Kier alpha value is -2.87. The van der Waals surface area contributed by atoms with Crippen molar-refractivity contribution in [1.82, 2.24) is 30.0 Å². The van der Waals surface area contributed by atoms with Crippen LogP contribution >= 0.6 is 0 Å². The van der Waals surface area contributed by atoms with Gasteiger partial charge in [0.1, 0.15) is 6.04 Å². The zero-order valence-corrected chi connectivity index (χ0v) is 24.1. The average molecular weight is 549 g/mol. The maximum atomic E-state index is 13.6. The van der Waals surface area contributed by atoms with Gasteiger partial charge in [-0.3, -0.25) is 9.69 Å². The SMILES string of the molecule is O=C(NCCc1cncn1Cc1ccccc1)[C@H]1CN(CCC2CCCCC2)CCN1C(=O)NC1CCCCC1. The summed E-state index contributed by atoms with van der Waals surface area (Å²) in [5.41, 5.74) is 2.31. The van der Waals surface area contributed by atoms with Crippen LogP contribution in [-0.4, -0.2) is 76.1 Å². The Bertz CT molecular complexity index is 1060. The monoisotopic (exact) mass is 548 g/mol. The van der Waals surface area contributed by atoms with E-state index in [1.165, 1.54) is 63.4 Å². The van der Waals surface area contributed by atoms with Crippen molar-refractivity contribution in [3.05, 3.63) is 54.1 Å². The van der Waals surface area contributed by atoms with Gasteiger partial charge in [-0.2, -0.15) is 0 Å². The van der Waals surface area contributed by atoms with Crippen molar-refractivity contribution in [2.75, 3.05) is 32.7 Å². The summed E-state index contributed by atoms with van der Waals surface area (Å²) in [4.78, 5) is 35.5. The molecule has 3 fully saturated rings. The van der Waals surface area contributed by atoms with Crippen molar-refractivity contribution in [3.8, 4) is 0 Å². The number of benzene rings is 1. The molecule has 218 valence electrons. The summed E-state index contributed by atoms with van der Waals surface area (Å²) >= 11 is 0. The second-order valence-electron chi connectivity index (χ2n) is 12.1. The molecule has 1 aromatic carbocycles. The van der Waals surface area contributed by atoms with E-state index in [1.807, 2.05) is 30.7 Å². The molecule has 3 amide bonds. The number of nitrogens with zero attached hydrogens (tertiary/aromatic N) is 4. The first-order valence-corrected chi connectivity index (χ1v) is 15.8. The molecule has 1 aromatic heterocycles. The lowest BCUT2D eigenvalue weighted by molar-refractivity contribution is -0.127. The zero-order valence-electron chi connectivity index (χ0n) is 24.1. The fourth-order valence-electron chi connectivity index (χ4n) is 6.77. The first-order chi connectivity index (χ1) is 19.7. The lowest BCUT2D eigenvalue weighted by atomic mass is 9.87. The molecular weight excluding hydrogens is 500 g/mol. The van der Waals surface area contributed by atoms with E-state index in [1.54, 1.807) is 4.90 Å². The Morgan fingerprint density at radius 2 is 1.68 bits per heavy atom. The van der Waals surface area contributed by atoms with Crippen molar-refractivity contribution in [3.63, 3.8) is 0 Å². The van der Waals surface area contributed by atoms with Gasteiger partial charge in [-0.05, 0) is 37.3 Å². The summed E-state index contributed by atoms with van der Waals surface area (Å²) in [7, 11) is 0. The zero-order chi connectivity index (χ0) is 27.6. The molecule has 0 bridgehead atoms. The number of piperazine rings is 1. The highest BCUT2D eigenvalue weighted by Gasteiger charge is 2.36. The van der Waals surface area contributed by atoms with E-state index in [0.717, 1.165) is 44.1 Å². The first-order valence-electron chi connectivity index (χ1n) is 15.8. The minimum Gasteiger partial charge on any atom is -0.354 e. The number of urea groups is 1. The topological polar surface area (TPSA) is 82.5 Å². The number of nitrogens with one attached hydrogen (secondary N) is 2. The molecule has 2 saturated carbocycles. The third kappa shape index (κ3) is 8.09. The first kappa shape index (κ1) is 28.7. The van der Waals surface area contributed by atoms with Crippen LogP contribution in [0.1, 0.15) is 81.9 Å². The number of imidazole rings is 1. The van der Waals surface area contributed by atoms with E-state index in [0.29, 0.717) is 26.1 Å². The van der Waals surface area contributed by atoms with E-state index < -0.39 is 6.04 Å². The highest BCUT2D eigenvalue weighted by Crippen LogP contribution is 2.27. The predicted octanol–water partition coefficient (Wildman–Crippen LogP) is 4.59. The maximum Gasteiger partial charge on any atom is 0.318 e. The predicted molar refractivity (Wildman–Crippen MR) is 158 cm³/mol. The van der Waals surface area contributed by atoms with Crippen LogP contribution in [0.4, 0.5) is 4.79 Å². The molecule has 8 heteroatoms. The Morgan fingerprint density at radius 3 is 2.45 bits per heavy atom. The van der Waals surface area contributed by atoms with Crippen LogP contribution in [-0.2, 0) is 17.8 Å². The minimum absolute atomic E-state index is 0.0460. The van der Waals surface area contributed by atoms with Crippen molar-refractivity contribution in [2.24, 2.45) is 5.92 Å². The number of hydrogen-bond acceptors (Lipinski definition) is 4. The summed E-state index contributed by atoms with van der Waals surface area (Å²) in [6.07, 6.45) is 18.1. The van der Waals surface area contributed by atoms with Gasteiger partial charge >= 0.3 is 6.03 Å². The summed E-state index contributed by atoms with van der Waals surface area (Å²) < 4.78 is 2.14. The van der Waals surface area contributed by atoms with E-state index in [4.69, 9.17) is 0 Å². The summed E-state index contributed by atoms with van der Waals surface area (Å²) in [5.74, 6) is 0.768. The Balaban J connectivity index is 1.17. The van der Waals surface area contributed by atoms with Gasteiger partial charge in [0.05, 0.1) is 6.33 Å². The standard InChI is InChI=1S/C32H48N6O2/c39-31(34-18-16-29-22-33-25-37(29)23-27-12-6-2-7-13-27)30-24-36(19-17-26-10-4-1-5-11-26)20-21-38(30)32(40)35-28-14-8-3-9-15-28/h2,6-7,12-13,22,25-26,28,30H,1,3-5,8-11,14-21,23-24H2,(H,34,39)(H,35,40)/t30-/m1/s1. The van der Waals surface area contributed by atoms with Gasteiger partial charge in [-0.25, -0.2) is 9.78 Å². The van der Waals surface area contributed by atoms with Gasteiger partial charge in [0.2, 0.25) is 5.91 Å². The van der Waals surface area contributed by atoms with Gasteiger partial charge in [-0.1, -0.05) is 81.7 Å². The van der Waals surface area contributed by atoms with Crippen LogP contribution in [0.25, 0.3) is 0 Å². The quantitative estimate of drug-likeness (QED) is 0.455. The molecule has 5 rings (SSSR count). The van der Waals surface area contributed by atoms with Crippen LogP contribution < -0.4 is 10.6 Å². The molecule has 40 heavy (non-hydrogen) atoms. The van der Waals surface area contributed by atoms with Crippen LogP contribution in [0.3, 0.4) is 0 Å². The lowest BCUT2D eigenvalue weighted by Crippen LogP contribution is -2.63. The molecule has 2 heterocycles. The molecular formula is C32H48N6O2. The Kier molecular flexibility index (Phi) is 10.5. The minimum atomic E-state index is -0.460. The molecule has 2 aliphatic carbocycles.